The van der Waals surface area contributed by atoms with Crippen molar-refractivity contribution >= 4 is 0 Å². The van der Waals surface area contributed by atoms with Gasteiger partial charge in [0.05, 0.1) is 12.2 Å². The van der Waals surface area contributed by atoms with Crippen molar-refractivity contribution in [2.75, 3.05) is 7.11 Å². The zero-order valence-electron chi connectivity index (χ0n) is 8.05. The van der Waals surface area contributed by atoms with Gasteiger partial charge in [0.1, 0.15) is 6.10 Å². The van der Waals surface area contributed by atoms with Gasteiger partial charge in [-0.05, 0) is 5.56 Å². The highest BCUT2D eigenvalue weighted by Crippen LogP contribution is 2.21. The Morgan fingerprint density at radius 2 is 2.07 bits per heavy atom. The van der Waals surface area contributed by atoms with E-state index in [1.165, 1.54) is 0 Å². The first-order chi connectivity index (χ1) is 6.77. The molecule has 0 saturated carbocycles. The van der Waals surface area contributed by atoms with E-state index in [1.807, 2.05) is 30.3 Å². The van der Waals surface area contributed by atoms with Gasteiger partial charge in [-0.3, -0.25) is 0 Å². The van der Waals surface area contributed by atoms with Crippen molar-refractivity contribution < 1.29 is 9.84 Å². The fourth-order valence-electron chi connectivity index (χ4n) is 1.29. The topological polar surface area (TPSA) is 53.2 Å². The molecule has 1 rings (SSSR count). The summed E-state index contributed by atoms with van der Waals surface area (Å²) in [6, 6.07) is 11.3. The number of hydrogen-bond acceptors (Lipinski definition) is 3. The molecule has 0 unspecified atom stereocenters. The molecule has 1 N–H and O–H groups in total. The number of benzene rings is 1. The third-order valence-corrected chi connectivity index (χ3v) is 2.04. The third kappa shape index (κ3) is 2.84. The van der Waals surface area contributed by atoms with Gasteiger partial charge in [0.2, 0.25) is 0 Å². The van der Waals surface area contributed by atoms with E-state index < -0.39 is 6.10 Å². The molecule has 0 aliphatic carbocycles. The highest BCUT2D eigenvalue weighted by atomic mass is 16.5. The van der Waals surface area contributed by atoms with E-state index in [2.05, 4.69) is 0 Å². The van der Waals surface area contributed by atoms with E-state index in [0.717, 1.165) is 5.56 Å². The van der Waals surface area contributed by atoms with Crippen LogP contribution in [-0.4, -0.2) is 18.3 Å². The molecule has 0 aliphatic heterocycles. The predicted octanol–water partition coefficient (Wildman–Crippen LogP) is 1.65. The van der Waals surface area contributed by atoms with Crippen LogP contribution in [0.25, 0.3) is 0 Å². The fourth-order valence-corrected chi connectivity index (χ4v) is 1.29. The second-order valence-corrected chi connectivity index (χ2v) is 3.02. The molecule has 74 valence electrons. The second-order valence-electron chi connectivity index (χ2n) is 3.02. The Balaban J connectivity index is 2.69. The maximum Gasteiger partial charge on any atom is 0.143 e. The quantitative estimate of drug-likeness (QED) is 0.736. The third-order valence-electron chi connectivity index (χ3n) is 2.04. The highest BCUT2D eigenvalue weighted by molar-refractivity contribution is 5.18. The Bertz CT molecular complexity index is 305. The molecular weight excluding hydrogens is 178 g/mol. The van der Waals surface area contributed by atoms with Crippen LogP contribution in [-0.2, 0) is 4.74 Å². The number of aliphatic hydroxyl groups excluding tert-OH is 1. The average Bonchev–Trinajstić information content (AvgIpc) is 2.26. The number of aliphatic hydroxyl groups is 1. The molecule has 0 amide bonds. The molecule has 0 aliphatic rings. The van der Waals surface area contributed by atoms with Crippen molar-refractivity contribution in [3.8, 4) is 6.07 Å². The summed E-state index contributed by atoms with van der Waals surface area (Å²) in [5.41, 5.74) is 0.976. The van der Waals surface area contributed by atoms with Crippen LogP contribution in [0.2, 0.25) is 0 Å². The van der Waals surface area contributed by atoms with E-state index in [0.29, 0.717) is 6.42 Å². The molecule has 0 radical (unpaired) electrons. The number of rotatable bonds is 4. The largest absolute Gasteiger partial charge is 0.378 e. The fraction of sp³-hybridized carbons (Fsp3) is 0.364. The van der Waals surface area contributed by atoms with Gasteiger partial charge in [0.25, 0.3) is 0 Å². The summed E-state index contributed by atoms with van der Waals surface area (Å²) in [5, 5.41) is 17.7. The predicted molar refractivity (Wildman–Crippen MR) is 52.4 cm³/mol. The standard InChI is InChI=1S/C11H13NO2/c1-14-11(7-10(13)8-12)9-5-3-2-4-6-9/h2-6,10-11,13H,7H2,1H3/t10-,11+/m0/s1. The van der Waals surface area contributed by atoms with Crippen LogP contribution in [0.15, 0.2) is 30.3 Å². The Labute approximate surface area is 83.6 Å². The van der Waals surface area contributed by atoms with E-state index in [-0.39, 0.29) is 6.10 Å². The molecule has 3 nitrogen and oxygen atoms in total. The van der Waals surface area contributed by atoms with Crippen molar-refractivity contribution in [2.45, 2.75) is 18.6 Å². The lowest BCUT2D eigenvalue weighted by Crippen LogP contribution is -2.11. The summed E-state index contributed by atoms with van der Waals surface area (Å²) in [7, 11) is 1.57. The van der Waals surface area contributed by atoms with Crippen LogP contribution >= 0.6 is 0 Å². The monoisotopic (exact) mass is 191 g/mol. The lowest BCUT2D eigenvalue weighted by molar-refractivity contribution is 0.0616. The van der Waals surface area contributed by atoms with Gasteiger partial charge in [-0.1, -0.05) is 30.3 Å². The molecule has 0 fully saturated rings. The molecule has 14 heavy (non-hydrogen) atoms. The van der Waals surface area contributed by atoms with Crippen LogP contribution in [0.4, 0.5) is 0 Å². The van der Waals surface area contributed by atoms with Crippen molar-refractivity contribution in [3.05, 3.63) is 35.9 Å². The lowest BCUT2D eigenvalue weighted by atomic mass is 10.0. The van der Waals surface area contributed by atoms with E-state index in [1.54, 1.807) is 13.2 Å². The van der Waals surface area contributed by atoms with Gasteiger partial charge in [0.15, 0.2) is 0 Å². The van der Waals surface area contributed by atoms with Crippen molar-refractivity contribution in [2.24, 2.45) is 0 Å². The van der Waals surface area contributed by atoms with Crippen LogP contribution in [0.3, 0.4) is 0 Å². The van der Waals surface area contributed by atoms with E-state index >= 15 is 0 Å². The van der Waals surface area contributed by atoms with E-state index in [9.17, 15) is 5.11 Å². The smallest absolute Gasteiger partial charge is 0.143 e. The molecule has 0 spiro atoms. The second kappa shape index (κ2) is 5.38. The Hall–Kier alpha value is -1.37. The van der Waals surface area contributed by atoms with Gasteiger partial charge in [-0.25, -0.2) is 0 Å². The molecule has 1 aromatic rings. The number of nitriles is 1. The van der Waals surface area contributed by atoms with Gasteiger partial charge < -0.3 is 9.84 Å². The minimum atomic E-state index is -0.972. The Morgan fingerprint density at radius 1 is 1.43 bits per heavy atom. The minimum Gasteiger partial charge on any atom is -0.378 e. The Kier molecular flexibility index (Phi) is 4.11. The maximum absolute atomic E-state index is 9.18. The lowest BCUT2D eigenvalue weighted by Gasteiger charge is -2.15. The van der Waals surface area contributed by atoms with Crippen LogP contribution in [0, 0.1) is 11.3 Å². The van der Waals surface area contributed by atoms with Gasteiger partial charge in [-0.2, -0.15) is 5.26 Å². The Morgan fingerprint density at radius 3 is 2.57 bits per heavy atom. The van der Waals surface area contributed by atoms with Gasteiger partial charge in [-0.15, -0.1) is 0 Å². The summed E-state index contributed by atoms with van der Waals surface area (Å²) in [4.78, 5) is 0. The van der Waals surface area contributed by atoms with Crippen LogP contribution in [0.5, 0.6) is 0 Å². The summed E-state index contributed by atoms with van der Waals surface area (Å²) in [6.45, 7) is 0. The first kappa shape index (κ1) is 10.7. The molecule has 0 aromatic heterocycles. The summed E-state index contributed by atoms with van der Waals surface area (Å²) in [6.07, 6.45) is -0.886. The summed E-state index contributed by atoms with van der Waals surface area (Å²) >= 11 is 0. The number of hydrogen-bond donors (Lipinski definition) is 1. The SMILES string of the molecule is CO[C@H](C[C@H](O)C#N)c1ccccc1. The summed E-state index contributed by atoms with van der Waals surface area (Å²) < 4.78 is 5.20. The van der Waals surface area contributed by atoms with Crippen molar-refractivity contribution in [3.63, 3.8) is 0 Å². The zero-order valence-corrected chi connectivity index (χ0v) is 8.05. The molecule has 3 heteroatoms. The van der Waals surface area contributed by atoms with Gasteiger partial charge in [0, 0.05) is 13.5 Å². The molecule has 2 atom stereocenters. The molecule has 0 bridgehead atoms. The van der Waals surface area contributed by atoms with Crippen LogP contribution in [0.1, 0.15) is 18.1 Å². The van der Waals surface area contributed by atoms with Crippen molar-refractivity contribution in [1.82, 2.24) is 0 Å². The molecule has 0 saturated heterocycles. The van der Waals surface area contributed by atoms with E-state index in [4.69, 9.17) is 10.00 Å². The normalized spacial score (nSPS) is 14.4. The first-order valence-corrected chi connectivity index (χ1v) is 4.43. The zero-order chi connectivity index (χ0) is 10.4. The minimum absolute atomic E-state index is 0.217. The first-order valence-electron chi connectivity index (χ1n) is 4.43. The van der Waals surface area contributed by atoms with Crippen molar-refractivity contribution in [1.29, 1.82) is 5.26 Å². The van der Waals surface area contributed by atoms with Gasteiger partial charge >= 0.3 is 0 Å². The number of nitrogens with zero attached hydrogens (tertiary/aromatic N) is 1. The summed E-state index contributed by atoms with van der Waals surface area (Å²) in [5.74, 6) is 0. The molecule has 1 aromatic carbocycles. The average molecular weight is 191 g/mol. The number of methoxy groups -OCH3 is 1. The highest BCUT2D eigenvalue weighted by Gasteiger charge is 2.14. The molecule has 0 heterocycles. The maximum atomic E-state index is 9.18. The van der Waals surface area contributed by atoms with Crippen LogP contribution < -0.4 is 0 Å². The molecular formula is C11H13NO2. The number of ether oxygens (including phenoxy) is 1.